The number of amides is 2. The summed E-state index contributed by atoms with van der Waals surface area (Å²) in [5.74, 6) is 0.450. The van der Waals surface area contributed by atoms with E-state index in [0.29, 0.717) is 13.1 Å². The predicted molar refractivity (Wildman–Crippen MR) is 76.0 cm³/mol. The zero-order valence-corrected chi connectivity index (χ0v) is 12.5. The number of aliphatic hydroxyl groups excluding tert-OH is 1. The highest BCUT2D eigenvalue weighted by molar-refractivity contribution is 5.83. The Morgan fingerprint density at radius 3 is 2.50 bits per heavy atom. The van der Waals surface area contributed by atoms with Gasteiger partial charge in [0.25, 0.3) is 0 Å². The van der Waals surface area contributed by atoms with E-state index >= 15 is 0 Å². The first-order valence-corrected chi connectivity index (χ1v) is 7.74. The highest BCUT2D eigenvalue weighted by Crippen LogP contribution is 2.32. The highest BCUT2D eigenvalue weighted by atomic mass is 16.3. The maximum absolute atomic E-state index is 12.6. The molecule has 1 unspecified atom stereocenters. The van der Waals surface area contributed by atoms with Crippen molar-refractivity contribution in [1.82, 2.24) is 9.80 Å². The molecule has 0 bridgehead atoms. The van der Waals surface area contributed by atoms with Gasteiger partial charge in [-0.15, -0.1) is 0 Å². The molecule has 0 aromatic heterocycles. The van der Waals surface area contributed by atoms with Crippen molar-refractivity contribution in [3.05, 3.63) is 0 Å². The number of hydrogen-bond acceptors (Lipinski definition) is 3. The van der Waals surface area contributed by atoms with Crippen LogP contribution in [0, 0.1) is 11.8 Å². The fourth-order valence-electron chi connectivity index (χ4n) is 2.93. The fourth-order valence-corrected chi connectivity index (χ4v) is 2.93. The second kappa shape index (κ2) is 6.57. The van der Waals surface area contributed by atoms with Crippen LogP contribution in [0.15, 0.2) is 0 Å². The lowest BCUT2D eigenvalue weighted by Gasteiger charge is -2.36. The molecule has 1 heterocycles. The van der Waals surface area contributed by atoms with E-state index in [0.717, 1.165) is 32.2 Å². The Hall–Kier alpha value is -1.10. The topological polar surface area (TPSA) is 60.9 Å². The van der Waals surface area contributed by atoms with Gasteiger partial charge < -0.3 is 14.9 Å². The Labute approximate surface area is 120 Å². The second-order valence-electron chi connectivity index (χ2n) is 6.25. The SMILES string of the molecule is CC(C)N(CCO)C(=O)C1CCCN(C(=O)C2CC2)C1. The lowest BCUT2D eigenvalue weighted by Crippen LogP contribution is -2.49. The smallest absolute Gasteiger partial charge is 0.227 e. The lowest BCUT2D eigenvalue weighted by atomic mass is 9.95. The third-order valence-electron chi connectivity index (χ3n) is 4.26. The molecule has 2 aliphatic rings. The first kappa shape index (κ1) is 15.3. The maximum atomic E-state index is 12.6. The van der Waals surface area contributed by atoms with Crippen molar-refractivity contribution in [2.75, 3.05) is 26.2 Å². The average Bonchev–Trinajstić information content (AvgIpc) is 3.27. The summed E-state index contributed by atoms with van der Waals surface area (Å²) < 4.78 is 0. The Kier molecular flexibility index (Phi) is 5.02. The zero-order valence-electron chi connectivity index (χ0n) is 12.5. The average molecular weight is 282 g/mol. The molecule has 20 heavy (non-hydrogen) atoms. The van der Waals surface area contributed by atoms with E-state index in [4.69, 9.17) is 5.11 Å². The van der Waals surface area contributed by atoms with Gasteiger partial charge in [0.2, 0.25) is 11.8 Å². The fraction of sp³-hybridized carbons (Fsp3) is 0.867. The van der Waals surface area contributed by atoms with Crippen molar-refractivity contribution in [1.29, 1.82) is 0 Å². The van der Waals surface area contributed by atoms with Crippen LogP contribution >= 0.6 is 0 Å². The van der Waals surface area contributed by atoms with Crippen LogP contribution in [0.4, 0.5) is 0 Å². The number of likely N-dealkylation sites (tertiary alicyclic amines) is 1. The molecule has 5 heteroatoms. The van der Waals surface area contributed by atoms with Crippen molar-refractivity contribution < 1.29 is 14.7 Å². The summed E-state index contributed by atoms with van der Waals surface area (Å²) >= 11 is 0. The molecular formula is C15H26N2O3. The normalized spacial score (nSPS) is 23.0. The first-order chi connectivity index (χ1) is 9.54. The van der Waals surface area contributed by atoms with Crippen molar-refractivity contribution in [3.63, 3.8) is 0 Å². The van der Waals surface area contributed by atoms with Gasteiger partial charge >= 0.3 is 0 Å². The molecule has 5 nitrogen and oxygen atoms in total. The lowest BCUT2D eigenvalue weighted by molar-refractivity contribution is -0.143. The van der Waals surface area contributed by atoms with Crippen LogP contribution in [0.1, 0.15) is 39.5 Å². The second-order valence-corrected chi connectivity index (χ2v) is 6.25. The molecule has 1 atom stereocenters. The minimum absolute atomic E-state index is 0.0125. The molecule has 1 aliphatic heterocycles. The monoisotopic (exact) mass is 282 g/mol. The number of rotatable bonds is 5. The molecule has 114 valence electrons. The summed E-state index contributed by atoms with van der Waals surface area (Å²) in [6, 6.07) is 0.0872. The van der Waals surface area contributed by atoms with Gasteiger partial charge in [0, 0.05) is 31.6 Å². The number of carbonyl (C=O) groups is 2. The molecular weight excluding hydrogens is 256 g/mol. The summed E-state index contributed by atoms with van der Waals surface area (Å²) in [5, 5.41) is 9.10. The van der Waals surface area contributed by atoms with Crippen molar-refractivity contribution in [2.24, 2.45) is 11.8 Å². The molecule has 1 aliphatic carbocycles. The molecule has 2 amide bonds. The minimum atomic E-state index is -0.0969. The molecule has 2 rings (SSSR count). The molecule has 1 N–H and O–H groups in total. The largest absolute Gasteiger partial charge is 0.395 e. The molecule has 2 fully saturated rings. The maximum Gasteiger partial charge on any atom is 0.227 e. The molecule has 1 saturated carbocycles. The Balaban J connectivity index is 1.96. The number of aliphatic hydroxyl groups is 1. The van der Waals surface area contributed by atoms with Crippen LogP contribution in [-0.2, 0) is 9.59 Å². The van der Waals surface area contributed by atoms with Gasteiger partial charge in [0.05, 0.1) is 12.5 Å². The molecule has 0 aromatic carbocycles. The summed E-state index contributed by atoms with van der Waals surface area (Å²) in [7, 11) is 0. The van der Waals surface area contributed by atoms with E-state index < -0.39 is 0 Å². The first-order valence-electron chi connectivity index (χ1n) is 7.74. The number of carbonyl (C=O) groups excluding carboxylic acids is 2. The Morgan fingerprint density at radius 1 is 1.25 bits per heavy atom. The molecule has 0 radical (unpaired) electrons. The number of piperidine rings is 1. The summed E-state index contributed by atoms with van der Waals surface area (Å²) in [5.41, 5.74) is 0. The van der Waals surface area contributed by atoms with Gasteiger partial charge in [-0.05, 0) is 39.5 Å². The van der Waals surface area contributed by atoms with Gasteiger partial charge in [0.1, 0.15) is 0 Å². The Morgan fingerprint density at radius 2 is 1.95 bits per heavy atom. The summed E-state index contributed by atoms with van der Waals surface area (Å²) in [4.78, 5) is 28.3. The van der Waals surface area contributed by atoms with E-state index in [1.165, 1.54) is 0 Å². The summed E-state index contributed by atoms with van der Waals surface area (Å²) in [6.45, 7) is 5.64. The van der Waals surface area contributed by atoms with Crippen LogP contribution in [0.2, 0.25) is 0 Å². The third-order valence-corrected chi connectivity index (χ3v) is 4.26. The highest BCUT2D eigenvalue weighted by Gasteiger charge is 2.37. The van der Waals surface area contributed by atoms with Crippen molar-refractivity contribution >= 4 is 11.8 Å². The van der Waals surface area contributed by atoms with Gasteiger partial charge in [-0.3, -0.25) is 9.59 Å². The van der Waals surface area contributed by atoms with Gasteiger partial charge in [-0.1, -0.05) is 0 Å². The van der Waals surface area contributed by atoms with Gasteiger partial charge in [-0.25, -0.2) is 0 Å². The summed E-state index contributed by atoms with van der Waals surface area (Å²) in [6.07, 6.45) is 3.77. The van der Waals surface area contributed by atoms with E-state index in [1.807, 2.05) is 18.7 Å². The zero-order chi connectivity index (χ0) is 14.7. The van der Waals surface area contributed by atoms with Gasteiger partial charge in [0.15, 0.2) is 0 Å². The molecule has 1 saturated heterocycles. The number of hydrogen-bond donors (Lipinski definition) is 1. The van der Waals surface area contributed by atoms with Crippen molar-refractivity contribution in [2.45, 2.75) is 45.6 Å². The Bertz CT molecular complexity index is 366. The number of nitrogens with zero attached hydrogens (tertiary/aromatic N) is 2. The van der Waals surface area contributed by atoms with Gasteiger partial charge in [-0.2, -0.15) is 0 Å². The minimum Gasteiger partial charge on any atom is -0.395 e. The third kappa shape index (κ3) is 3.51. The quantitative estimate of drug-likeness (QED) is 0.814. The van der Waals surface area contributed by atoms with Crippen LogP contribution in [0.25, 0.3) is 0 Å². The van der Waals surface area contributed by atoms with E-state index in [9.17, 15) is 9.59 Å². The predicted octanol–water partition coefficient (Wildman–Crippen LogP) is 0.864. The van der Waals surface area contributed by atoms with E-state index in [1.54, 1.807) is 4.90 Å². The van der Waals surface area contributed by atoms with Crippen molar-refractivity contribution in [3.8, 4) is 0 Å². The van der Waals surface area contributed by atoms with Crippen LogP contribution in [0.3, 0.4) is 0 Å². The van der Waals surface area contributed by atoms with Crippen LogP contribution in [0.5, 0.6) is 0 Å². The standard InChI is InChI=1S/C15H26N2O3/c1-11(2)17(8-9-18)15(20)13-4-3-7-16(10-13)14(19)12-5-6-12/h11-13,18H,3-10H2,1-2H3. The van der Waals surface area contributed by atoms with Crippen LogP contribution < -0.4 is 0 Å². The molecule has 0 spiro atoms. The van der Waals surface area contributed by atoms with E-state index in [2.05, 4.69) is 0 Å². The van der Waals surface area contributed by atoms with Crippen LogP contribution in [-0.4, -0.2) is 59.0 Å². The molecule has 0 aromatic rings. The van der Waals surface area contributed by atoms with E-state index in [-0.39, 0.29) is 36.3 Å².